The molecule has 0 saturated heterocycles. The van der Waals surface area contributed by atoms with Crippen molar-refractivity contribution in [1.29, 1.82) is 0 Å². The van der Waals surface area contributed by atoms with Gasteiger partial charge in [0.1, 0.15) is 0 Å². The summed E-state index contributed by atoms with van der Waals surface area (Å²) in [5.41, 5.74) is 2.85. The van der Waals surface area contributed by atoms with Crippen LogP contribution >= 0.6 is 0 Å². The molecule has 1 saturated carbocycles. The fourth-order valence-electron chi connectivity index (χ4n) is 3.46. The van der Waals surface area contributed by atoms with E-state index in [0.717, 1.165) is 23.4 Å². The van der Waals surface area contributed by atoms with Crippen LogP contribution in [-0.4, -0.2) is 15.9 Å². The van der Waals surface area contributed by atoms with Crippen LogP contribution in [0, 0.1) is 11.8 Å². The molecule has 2 aromatic rings. The molecule has 1 aliphatic rings. The zero-order valence-corrected chi connectivity index (χ0v) is 15.2. The highest BCUT2D eigenvalue weighted by Crippen LogP contribution is 2.30. The molecular formula is C21H27N3O. The highest BCUT2D eigenvalue weighted by Gasteiger charge is 2.20. The van der Waals surface area contributed by atoms with Crippen LogP contribution < -0.4 is 5.32 Å². The number of nitrogens with zero attached hydrogens (tertiary/aromatic N) is 2. The number of amides is 1. The molecule has 3 rings (SSSR count). The molecule has 1 aliphatic carbocycles. The van der Waals surface area contributed by atoms with E-state index in [4.69, 9.17) is 4.98 Å². The van der Waals surface area contributed by atoms with Gasteiger partial charge in [0, 0.05) is 12.0 Å². The quantitative estimate of drug-likeness (QED) is 0.819. The Labute approximate surface area is 150 Å². The summed E-state index contributed by atoms with van der Waals surface area (Å²) in [6, 6.07) is 10.1. The Kier molecular flexibility index (Phi) is 5.79. The summed E-state index contributed by atoms with van der Waals surface area (Å²) < 4.78 is 0. The molecule has 0 spiro atoms. The second-order valence-corrected chi connectivity index (χ2v) is 7.42. The molecular weight excluding hydrogens is 310 g/mol. The molecule has 1 heterocycles. The summed E-state index contributed by atoms with van der Waals surface area (Å²) in [6.45, 7) is 4.09. The Balaban J connectivity index is 1.86. The lowest BCUT2D eigenvalue weighted by molar-refractivity contribution is -0.116. The first-order valence-electron chi connectivity index (χ1n) is 9.33. The topological polar surface area (TPSA) is 54.9 Å². The molecule has 1 amide bonds. The van der Waals surface area contributed by atoms with Gasteiger partial charge >= 0.3 is 0 Å². The summed E-state index contributed by atoms with van der Waals surface area (Å²) in [5.74, 6) is 1.64. The molecule has 1 aromatic carbocycles. The Morgan fingerprint density at radius 2 is 1.92 bits per heavy atom. The molecule has 0 atom stereocenters. The van der Waals surface area contributed by atoms with E-state index in [1.807, 2.05) is 44.2 Å². The van der Waals surface area contributed by atoms with Gasteiger partial charge < -0.3 is 5.32 Å². The number of nitrogens with one attached hydrogen (secondary N) is 1. The Bertz CT molecular complexity index is 706. The largest absolute Gasteiger partial charge is 0.309 e. The lowest BCUT2D eigenvalue weighted by atomic mass is 10.0. The number of hydrogen-bond acceptors (Lipinski definition) is 3. The monoisotopic (exact) mass is 337 g/mol. The fraction of sp³-hybridized carbons (Fsp3) is 0.476. The number of anilines is 1. The van der Waals surface area contributed by atoms with Gasteiger partial charge in [-0.2, -0.15) is 0 Å². The number of aromatic nitrogens is 2. The lowest BCUT2D eigenvalue weighted by Gasteiger charge is -2.15. The number of hydrogen-bond donors (Lipinski definition) is 1. The van der Waals surface area contributed by atoms with Crippen molar-refractivity contribution in [1.82, 2.24) is 9.97 Å². The van der Waals surface area contributed by atoms with Gasteiger partial charge in [-0.1, -0.05) is 69.9 Å². The standard InChI is InChI=1S/C21H27N3O/c1-15(2)12-20(25)24-21-18(13-16-8-6-7-9-16)23-19(14-22-21)17-10-4-3-5-11-17/h3-5,10-11,14-16H,6-9,12-13H2,1-2H3,(H,22,24,25). The average molecular weight is 337 g/mol. The van der Waals surface area contributed by atoms with E-state index in [0.29, 0.717) is 24.1 Å². The molecule has 1 N–H and O–H groups in total. The van der Waals surface area contributed by atoms with E-state index < -0.39 is 0 Å². The van der Waals surface area contributed by atoms with Gasteiger partial charge in [0.25, 0.3) is 0 Å². The zero-order valence-electron chi connectivity index (χ0n) is 15.2. The second kappa shape index (κ2) is 8.24. The molecule has 4 heteroatoms. The van der Waals surface area contributed by atoms with Crippen LogP contribution in [0.1, 0.15) is 51.6 Å². The van der Waals surface area contributed by atoms with E-state index in [1.54, 1.807) is 6.20 Å². The normalized spacial score (nSPS) is 14.8. The highest BCUT2D eigenvalue weighted by molar-refractivity contribution is 5.90. The van der Waals surface area contributed by atoms with Crippen molar-refractivity contribution in [3.05, 3.63) is 42.2 Å². The van der Waals surface area contributed by atoms with Crippen molar-refractivity contribution in [2.75, 3.05) is 5.32 Å². The minimum absolute atomic E-state index is 0.0180. The van der Waals surface area contributed by atoms with E-state index in [9.17, 15) is 4.79 Å². The first kappa shape index (κ1) is 17.6. The summed E-state index contributed by atoms with van der Waals surface area (Å²) in [6.07, 6.45) is 8.25. The third kappa shape index (κ3) is 4.88. The van der Waals surface area contributed by atoms with Gasteiger partial charge in [-0.05, 0) is 18.3 Å². The zero-order chi connectivity index (χ0) is 17.6. The molecule has 132 valence electrons. The van der Waals surface area contributed by atoms with E-state index in [-0.39, 0.29) is 5.91 Å². The van der Waals surface area contributed by atoms with Crippen LogP contribution in [0.15, 0.2) is 36.5 Å². The SMILES string of the molecule is CC(C)CC(=O)Nc1ncc(-c2ccccc2)nc1CC1CCCC1. The van der Waals surface area contributed by atoms with Gasteiger partial charge in [-0.25, -0.2) is 9.97 Å². The van der Waals surface area contributed by atoms with Crippen LogP contribution in [0.25, 0.3) is 11.3 Å². The Morgan fingerprint density at radius 3 is 2.60 bits per heavy atom. The maximum atomic E-state index is 12.2. The predicted octanol–water partition coefficient (Wildman–Crippen LogP) is 4.86. The van der Waals surface area contributed by atoms with Crippen LogP contribution in [0.4, 0.5) is 5.82 Å². The summed E-state index contributed by atoms with van der Waals surface area (Å²) in [5, 5.41) is 2.98. The third-order valence-electron chi connectivity index (χ3n) is 4.72. The van der Waals surface area contributed by atoms with Crippen molar-refractivity contribution < 1.29 is 4.79 Å². The first-order chi connectivity index (χ1) is 12.1. The number of benzene rings is 1. The number of rotatable bonds is 6. The van der Waals surface area contributed by atoms with E-state index in [1.165, 1.54) is 25.7 Å². The van der Waals surface area contributed by atoms with Crippen LogP contribution in [0.2, 0.25) is 0 Å². The number of carbonyl (C=O) groups is 1. The molecule has 0 unspecified atom stereocenters. The van der Waals surface area contributed by atoms with Crippen molar-refractivity contribution in [3.8, 4) is 11.3 Å². The van der Waals surface area contributed by atoms with Gasteiger partial charge in [0.2, 0.25) is 5.91 Å². The minimum atomic E-state index is 0.0180. The van der Waals surface area contributed by atoms with Crippen LogP contribution in [-0.2, 0) is 11.2 Å². The van der Waals surface area contributed by atoms with Crippen molar-refractivity contribution in [2.45, 2.75) is 52.4 Å². The average Bonchev–Trinajstić information content (AvgIpc) is 3.09. The first-order valence-corrected chi connectivity index (χ1v) is 9.33. The molecule has 25 heavy (non-hydrogen) atoms. The van der Waals surface area contributed by atoms with Gasteiger partial charge in [-0.3, -0.25) is 4.79 Å². The van der Waals surface area contributed by atoms with Gasteiger partial charge in [-0.15, -0.1) is 0 Å². The molecule has 0 bridgehead atoms. The predicted molar refractivity (Wildman–Crippen MR) is 101 cm³/mol. The molecule has 0 aliphatic heterocycles. The number of carbonyl (C=O) groups excluding carboxylic acids is 1. The smallest absolute Gasteiger partial charge is 0.225 e. The maximum Gasteiger partial charge on any atom is 0.225 e. The summed E-state index contributed by atoms with van der Waals surface area (Å²) >= 11 is 0. The third-order valence-corrected chi connectivity index (χ3v) is 4.72. The van der Waals surface area contributed by atoms with Gasteiger partial charge in [0.05, 0.1) is 17.6 Å². The molecule has 4 nitrogen and oxygen atoms in total. The van der Waals surface area contributed by atoms with Crippen LogP contribution in [0.5, 0.6) is 0 Å². The van der Waals surface area contributed by atoms with Crippen molar-refractivity contribution in [3.63, 3.8) is 0 Å². The highest BCUT2D eigenvalue weighted by atomic mass is 16.1. The Hall–Kier alpha value is -2.23. The summed E-state index contributed by atoms with van der Waals surface area (Å²) in [4.78, 5) is 21.6. The lowest BCUT2D eigenvalue weighted by Crippen LogP contribution is -2.18. The fourth-order valence-corrected chi connectivity index (χ4v) is 3.46. The van der Waals surface area contributed by atoms with Crippen molar-refractivity contribution >= 4 is 11.7 Å². The van der Waals surface area contributed by atoms with Crippen LogP contribution in [0.3, 0.4) is 0 Å². The van der Waals surface area contributed by atoms with E-state index in [2.05, 4.69) is 10.3 Å². The van der Waals surface area contributed by atoms with E-state index >= 15 is 0 Å². The molecule has 0 radical (unpaired) electrons. The Morgan fingerprint density at radius 1 is 1.20 bits per heavy atom. The molecule has 1 fully saturated rings. The molecule has 1 aromatic heterocycles. The second-order valence-electron chi connectivity index (χ2n) is 7.42. The van der Waals surface area contributed by atoms with Gasteiger partial charge in [0.15, 0.2) is 5.82 Å². The summed E-state index contributed by atoms with van der Waals surface area (Å²) in [7, 11) is 0. The minimum Gasteiger partial charge on any atom is -0.309 e. The van der Waals surface area contributed by atoms with Crippen molar-refractivity contribution in [2.24, 2.45) is 11.8 Å². The maximum absolute atomic E-state index is 12.2.